The number of thioether (sulfide) groups is 1. The summed E-state index contributed by atoms with van der Waals surface area (Å²) in [6.07, 6.45) is 5.38. The van der Waals surface area contributed by atoms with Gasteiger partial charge in [-0.3, -0.25) is 4.57 Å². The molecule has 1 heterocycles. The average Bonchev–Trinajstić information content (AvgIpc) is 3.09. The summed E-state index contributed by atoms with van der Waals surface area (Å²) < 4.78 is 2.29. The summed E-state index contributed by atoms with van der Waals surface area (Å²) in [7, 11) is 4.37. The maximum Gasteiger partial charge on any atom is 0.192 e. The average molecular weight is 394 g/mol. The normalized spacial score (nSPS) is 12.7. The minimum absolute atomic E-state index is 0.338. The van der Waals surface area contributed by atoms with Crippen LogP contribution in [-0.2, 0) is 6.54 Å². The Balaban J connectivity index is 1.79. The topological polar surface area (TPSA) is 35.1 Å². The Labute approximate surface area is 172 Å². The first-order chi connectivity index (χ1) is 13.7. The van der Waals surface area contributed by atoms with Crippen molar-refractivity contribution in [1.29, 1.82) is 0 Å². The van der Waals surface area contributed by atoms with Crippen molar-refractivity contribution in [1.82, 2.24) is 14.8 Å². The second-order valence-electron chi connectivity index (χ2n) is 7.07. The molecule has 1 N–H and O–H groups in total. The van der Waals surface area contributed by atoms with E-state index in [1.807, 2.05) is 6.07 Å². The van der Waals surface area contributed by atoms with Crippen LogP contribution in [0.25, 0.3) is 6.08 Å². The van der Waals surface area contributed by atoms with Gasteiger partial charge in [0.1, 0.15) is 6.04 Å². The largest absolute Gasteiger partial charge is 0.331 e. The highest BCUT2D eigenvalue weighted by Crippen LogP contribution is 2.22. The standard InChI is InChI=1S/C23H28N4S/c1-4-21(26(2)3)22-24-25-23(27(22)18-20-14-9-6-10-15-20)28-17-11-16-19-12-7-5-8-13-19/h5-16,21H,4,17-18H2,1-3H3/p+1/b16-11+/t21-/m0/s1. The third-order valence-corrected chi connectivity index (χ3v) is 5.68. The lowest BCUT2D eigenvalue weighted by molar-refractivity contribution is -0.893. The van der Waals surface area contributed by atoms with Crippen LogP contribution >= 0.6 is 11.8 Å². The van der Waals surface area contributed by atoms with Crippen LogP contribution in [0.2, 0.25) is 0 Å². The molecule has 0 bridgehead atoms. The van der Waals surface area contributed by atoms with E-state index in [4.69, 9.17) is 0 Å². The van der Waals surface area contributed by atoms with Crippen LogP contribution < -0.4 is 4.90 Å². The number of nitrogens with zero attached hydrogens (tertiary/aromatic N) is 3. The minimum Gasteiger partial charge on any atom is -0.331 e. The number of quaternary nitrogens is 1. The summed E-state index contributed by atoms with van der Waals surface area (Å²) in [6, 6.07) is 21.3. The molecule has 0 aliphatic carbocycles. The monoisotopic (exact) mass is 393 g/mol. The van der Waals surface area contributed by atoms with E-state index in [1.165, 1.54) is 16.0 Å². The molecular weight excluding hydrogens is 364 g/mol. The molecule has 0 unspecified atom stereocenters. The molecular formula is C23H29N4S+. The van der Waals surface area contributed by atoms with E-state index in [1.54, 1.807) is 11.8 Å². The summed E-state index contributed by atoms with van der Waals surface area (Å²) in [5.74, 6) is 1.94. The smallest absolute Gasteiger partial charge is 0.192 e. The van der Waals surface area contributed by atoms with Gasteiger partial charge in [0.15, 0.2) is 11.0 Å². The molecule has 2 aromatic carbocycles. The molecule has 146 valence electrons. The van der Waals surface area contributed by atoms with E-state index in [9.17, 15) is 0 Å². The fourth-order valence-electron chi connectivity index (χ4n) is 3.30. The van der Waals surface area contributed by atoms with Gasteiger partial charge < -0.3 is 4.90 Å². The van der Waals surface area contributed by atoms with Gasteiger partial charge in [-0.05, 0) is 11.1 Å². The van der Waals surface area contributed by atoms with Gasteiger partial charge in [-0.25, -0.2) is 0 Å². The van der Waals surface area contributed by atoms with Crippen LogP contribution in [0.1, 0.15) is 36.3 Å². The maximum absolute atomic E-state index is 4.59. The zero-order valence-corrected chi connectivity index (χ0v) is 17.7. The molecule has 0 spiro atoms. The quantitative estimate of drug-likeness (QED) is 0.563. The molecule has 0 aliphatic rings. The highest BCUT2D eigenvalue weighted by molar-refractivity contribution is 7.99. The zero-order valence-electron chi connectivity index (χ0n) is 16.9. The lowest BCUT2D eigenvalue weighted by atomic mass is 10.2. The fourth-order valence-corrected chi connectivity index (χ4v) is 4.05. The van der Waals surface area contributed by atoms with Crippen molar-refractivity contribution in [3.8, 4) is 0 Å². The number of hydrogen-bond donors (Lipinski definition) is 1. The third-order valence-electron chi connectivity index (χ3n) is 4.76. The molecule has 0 aliphatic heterocycles. The van der Waals surface area contributed by atoms with Gasteiger partial charge in [0.25, 0.3) is 0 Å². The van der Waals surface area contributed by atoms with E-state index >= 15 is 0 Å². The van der Waals surface area contributed by atoms with Crippen LogP contribution in [0.4, 0.5) is 0 Å². The molecule has 0 saturated heterocycles. The van der Waals surface area contributed by atoms with E-state index in [0.717, 1.165) is 29.7 Å². The first-order valence-electron chi connectivity index (χ1n) is 9.80. The summed E-state index contributed by atoms with van der Waals surface area (Å²) in [4.78, 5) is 1.38. The molecule has 1 aromatic heterocycles. The van der Waals surface area contributed by atoms with Gasteiger partial charge in [0.05, 0.1) is 20.6 Å². The van der Waals surface area contributed by atoms with Crippen molar-refractivity contribution in [3.63, 3.8) is 0 Å². The number of benzene rings is 2. The van der Waals surface area contributed by atoms with Crippen LogP contribution in [0, 0.1) is 0 Å². The molecule has 3 rings (SSSR count). The highest BCUT2D eigenvalue weighted by Gasteiger charge is 2.24. The molecule has 0 fully saturated rings. The van der Waals surface area contributed by atoms with Gasteiger partial charge in [-0.2, -0.15) is 0 Å². The first kappa shape index (κ1) is 20.4. The minimum atomic E-state index is 0.338. The fraction of sp³-hybridized carbons (Fsp3) is 0.304. The molecule has 0 radical (unpaired) electrons. The van der Waals surface area contributed by atoms with Crippen LogP contribution in [0.3, 0.4) is 0 Å². The summed E-state index contributed by atoms with van der Waals surface area (Å²) in [6.45, 7) is 3.02. The lowest BCUT2D eigenvalue weighted by Crippen LogP contribution is -3.06. The predicted octanol–water partition coefficient (Wildman–Crippen LogP) is 3.73. The first-order valence-corrected chi connectivity index (χ1v) is 10.8. The molecule has 4 nitrogen and oxygen atoms in total. The van der Waals surface area contributed by atoms with E-state index in [-0.39, 0.29) is 0 Å². The molecule has 28 heavy (non-hydrogen) atoms. The van der Waals surface area contributed by atoms with E-state index in [0.29, 0.717) is 6.04 Å². The van der Waals surface area contributed by atoms with Gasteiger partial charge >= 0.3 is 0 Å². The molecule has 0 saturated carbocycles. The van der Waals surface area contributed by atoms with E-state index in [2.05, 4.69) is 103 Å². The highest BCUT2D eigenvalue weighted by atomic mass is 32.2. The van der Waals surface area contributed by atoms with Crippen molar-refractivity contribution >= 4 is 17.8 Å². The van der Waals surface area contributed by atoms with Crippen LogP contribution in [-0.4, -0.2) is 34.6 Å². The van der Waals surface area contributed by atoms with E-state index < -0.39 is 0 Å². The Kier molecular flexibility index (Phi) is 7.46. The summed E-state index contributed by atoms with van der Waals surface area (Å²) >= 11 is 1.74. The predicted molar refractivity (Wildman–Crippen MR) is 118 cm³/mol. The lowest BCUT2D eigenvalue weighted by Gasteiger charge is -2.20. The Morgan fingerprint density at radius 1 is 1.00 bits per heavy atom. The number of nitrogens with one attached hydrogen (secondary N) is 1. The number of rotatable bonds is 9. The number of hydrogen-bond acceptors (Lipinski definition) is 3. The van der Waals surface area contributed by atoms with Crippen LogP contribution in [0.15, 0.2) is 71.9 Å². The Morgan fingerprint density at radius 2 is 1.68 bits per heavy atom. The van der Waals surface area contributed by atoms with Gasteiger partial charge in [-0.15, -0.1) is 10.2 Å². The summed E-state index contributed by atoms with van der Waals surface area (Å²) in [5.41, 5.74) is 2.49. The summed E-state index contributed by atoms with van der Waals surface area (Å²) in [5, 5.41) is 10.1. The van der Waals surface area contributed by atoms with Gasteiger partial charge in [0, 0.05) is 12.2 Å². The maximum atomic E-state index is 4.59. The SMILES string of the molecule is CC[C@@H](c1nnc(SC/C=C/c2ccccc2)n1Cc1ccccc1)[NH+](C)C. The van der Waals surface area contributed by atoms with Gasteiger partial charge in [-0.1, -0.05) is 91.5 Å². The zero-order chi connectivity index (χ0) is 19.8. The van der Waals surface area contributed by atoms with Crippen molar-refractivity contribution in [2.45, 2.75) is 31.1 Å². The Morgan fingerprint density at radius 3 is 2.32 bits per heavy atom. The second-order valence-corrected chi connectivity index (χ2v) is 8.06. The Hall–Kier alpha value is -2.37. The number of aromatic nitrogens is 3. The second kappa shape index (κ2) is 10.2. The molecule has 1 atom stereocenters. The molecule has 3 aromatic rings. The third kappa shape index (κ3) is 5.33. The van der Waals surface area contributed by atoms with Crippen molar-refractivity contribution in [2.24, 2.45) is 0 Å². The van der Waals surface area contributed by atoms with Crippen molar-refractivity contribution in [3.05, 3.63) is 83.7 Å². The Bertz CT molecular complexity index is 872. The van der Waals surface area contributed by atoms with Crippen molar-refractivity contribution in [2.75, 3.05) is 19.8 Å². The molecule has 0 amide bonds. The van der Waals surface area contributed by atoms with Gasteiger partial charge in [0.2, 0.25) is 0 Å². The molecule has 5 heteroatoms. The van der Waals surface area contributed by atoms with Crippen LogP contribution in [0.5, 0.6) is 0 Å². The van der Waals surface area contributed by atoms with Crippen molar-refractivity contribution < 1.29 is 4.90 Å².